The third-order valence-corrected chi connectivity index (χ3v) is 3.11. The first-order valence-electron chi connectivity index (χ1n) is 5.71. The third-order valence-electron chi connectivity index (χ3n) is 3.11. The maximum atomic E-state index is 13.9. The first-order chi connectivity index (χ1) is 8.67. The van der Waals surface area contributed by atoms with Crippen molar-refractivity contribution >= 4 is 11.7 Å². The van der Waals surface area contributed by atoms with Crippen molar-refractivity contribution in [2.75, 3.05) is 18.6 Å². The molecule has 1 aliphatic rings. The van der Waals surface area contributed by atoms with Gasteiger partial charge in [0.2, 0.25) is 0 Å². The number of halogens is 1. The van der Waals surface area contributed by atoms with Gasteiger partial charge in [-0.2, -0.15) is 5.26 Å². The van der Waals surface area contributed by atoms with Crippen molar-refractivity contribution in [2.24, 2.45) is 0 Å². The van der Waals surface area contributed by atoms with Crippen LogP contribution in [0.3, 0.4) is 0 Å². The van der Waals surface area contributed by atoms with E-state index in [4.69, 9.17) is 10.00 Å². The SMILES string of the molecule is COC(=O)C1CCCN1c1ccc(C#N)cc1F. The fraction of sp³-hybridized carbons (Fsp3) is 0.385. The van der Waals surface area contributed by atoms with Crippen molar-refractivity contribution < 1.29 is 13.9 Å². The van der Waals surface area contributed by atoms with Crippen LogP contribution in [0.25, 0.3) is 0 Å². The van der Waals surface area contributed by atoms with E-state index < -0.39 is 11.9 Å². The molecular formula is C13H13FN2O2. The molecule has 0 saturated carbocycles. The number of carbonyl (C=O) groups excluding carboxylic acids is 1. The van der Waals surface area contributed by atoms with Crippen molar-refractivity contribution in [3.05, 3.63) is 29.6 Å². The Morgan fingerprint density at radius 1 is 1.61 bits per heavy atom. The Balaban J connectivity index is 2.31. The molecule has 18 heavy (non-hydrogen) atoms. The van der Waals surface area contributed by atoms with Crippen LogP contribution in [0.4, 0.5) is 10.1 Å². The van der Waals surface area contributed by atoms with E-state index in [9.17, 15) is 9.18 Å². The smallest absolute Gasteiger partial charge is 0.328 e. The molecule has 1 heterocycles. The number of nitrogens with zero attached hydrogens (tertiary/aromatic N) is 2. The lowest BCUT2D eigenvalue weighted by molar-refractivity contribution is -0.141. The highest BCUT2D eigenvalue weighted by Crippen LogP contribution is 2.29. The standard InChI is InChI=1S/C13H13FN2O2/c1-18-13(17)12-3-2-6-16(12)11-5-4-9(8-15)7-10(11)14/h4-5,7,12H,2-3,6H2,1H3. The first kappa shape index (κ1) is 12.4. The van der Waals surface area contributed by atoms with Gasteiger partial charge in [-0.1, -0.05) is 0 Å². The highest BCUT2D eigenvalue weighted by atomic mass is 19.1. The second kappa shape index (κ2) is 5.05. The highest BCUT2D eigenvalue weighted by molar-refractivity contribution is 5.80. The molecule has 1 atom stereocenters. The van der Waals surface area contributed by atoms with Crippen LogP contribution in [-0.2, 0) is 9.53 Å². The second-order valence-electron chi connectivity index (χ2n) is 4.15. The van der Waals surface area contributed by atoms with Gasteiger partial charge in [0.1, 0.15) is 11.9 Å². The Kier molecular flexibility index (Phi) is 3.47. The fourth-order valence-electron chi connectivity index (χ4n) is 2.25. The van der Waals surface area contributed by atoms with Gasteiger partial charge in [-0.05, 0) is 31.0 Å². The third kappa shape index (κ3) is 2.14. The molecule has 4 nitrogen and oxygen atoms in total. The number of methoxy groups -OCH3 is 1. The van der Waals surface area contributed by atoms with Gasteiger partial charge < -0.3 is 9.64 Å². The summed E-state index contributed by atoms with van der Waals surface area (Å²) in [4.78, 5) is 13.3. The molecular weight excluding hydrogens is 235 g/mol. The number of benzene rings is 1. The molecule has 0 radical (unpaired) electrons. The van der Waals surface area contributed by atoms with Crippen LogP contribution in [-0.4, -0.2) is 25.7 Å². The zero-order valence-electron chi connectivity index (χ0n) is 10.0. The summed E-state index contributed by atoms with van der Waals surface area (Å²) in [5.41, 5.74) is 0.618. The number of ether oxygens (including phenoxy) is 1. The zero-order valence-corrected chi connectivity index (χ0v) is 10.0. The summed E-state index contributed by atoms with van der Waals surface area (Å²) in [5, 5.41) is 8.69. The summed E-state index contributed by atoms with van der Waals surface area (Å²) >= 11 is 0. The number of carbonyl (C=O) groups is 1. The largest absolute Gasteiger partial charge is 0.467 e. The molecule has 0 aliphatic carbocycles. The van der Waals surface area contributed by atoms with Crippen LogP contribution in [0.1, 0.15) is 18.4 Å². The normalized spacial score (nSPS) is 18.5. The summed E-state index contributed by atoms with van der Waals surface area (Å²) in [7, 11) is 1.33. The molecule has 0 N–H and O–H groups in total. The maximum absolute atomic E-state index is 13.9. The maximum Gasteiger partial charge on any atom is 0.328 e. The van der Waals surface area contributed by atoms with Crippen molar-refractivity contribution in [1.29, 1.82) is 5.26 Å². The lowest BCUT2D eigenvalue weighted by Gasteiger charge is -2.25. The minimum absolute atomic E-state index is 0.269. The van der Waals surface area contributed by atoms with Gasteiger partial charge >= 0.3 is 5.97 Å². The molecule has 0 bridgehead atoms. The van der Waals surface area contributed by atoms with Gasteiger partial charge in [-0.25, -0.2) is 9.18 Å². The van der Waals surface area contributed by atoms with Crippen molar-refractivity contribution in [3.63, 3.8) is 0 Å². The lowest BCUT2D eigenvalue weighted by atomic mass is 10.1. The van der Waals surface area contributed by atoms with E-state index in [2.05, 4.69) is 0 Å². The minimum atomic E-state index is -0.482. The molecule has 1 aromatic carbocycles. The number of anilines is 1. The van der Waals surface area contributed by atoms with Crippen LogP contribution >= 0.6 is 0 Å². The number of hydrogen-bond acceptors (Lipinski definition) is 4. The van der Waals surface area contributed by atoms with E-state index in [0.29, 0.717) is 18.7 Å². The lowest BCUT2D eigenvalue weighted by Crippen LogP contribution is -2.37. The van der Waals surface area contributed by atoms with Gasteiger partial charge in [0, 0.05) is 6.54 Å². The van der Waals surface area contributed by atoms with E-state index in [0.717, 1.165) is 6.42 Å². The van der Waals surface area contributed by atoms with E-state index in [1.165, 1.54) is 19.2 Å². The van der Waals surface area contributed by atoms with E-state index in [-0.39, 0.29) is 11.5 Å². The minimum Gasteiger partial charge on any atom is -0.467 e. The van der Waals surface area contributed by atoms with Gasteiger partial charge in [-0.3, -0.25) is 0 Å². The van der Waals surface area contributed by atoms with E-state index in [1.54, 1.807) is 11.0 Å². The molecule has 1 aromatic rings. The molecule has 0 amide bonds. The van der Waals surface area contributed by atoms with E-state index in [1.807, 2.05) is 6.07 Å². The zero-order chi connectivity index (χ0) is 13.1. The Morgan fingerprint density at radius 3 is 3.00 bits per heavy atom. The van der Waals surface area contributed by atoms with Gasteiger partial charge in [0.15, 0.2) is 0 Å². The molecule has 2 rings (SSSR count). The topological polar surface area (TPSA) is 53.3 Å². The molecule has 1 saturated heterocycles. The van der Waals surface area contributed by atoms with Crippen molar-refractivity contribution in [1.82, 2.24) is 0 Å². The molecule has 1 unspecified atom stereocenters. The Morgan fingerprint density at radius 2 is 2.39 bits per heavy atom. The molecule has 1 fully saturated rings. The Bertz CT molecular complexity index is 510. The van der Waals surface area contributed by atoms with Crippen LogP contribution < -0.4 is 4.90 Å². The summed E-state index contributed by atoms with van der Waals surface area (Å²) in [6, 6.07) is 5.71. The molecule has 1 aliphatic heterocycles. The monoisotopic (exact) mass is 248 g/mol. The highest BCUT2D eigenvalue weighted by Gasteiger charge is 2.32. The number of nitriles is 1. The van der Waals surface area contributed by atoms with Gasteiger partial charge in [-0.15, -0.1) is 0 Å². The fourth-order valence-corrected chi connectivity index (χ4v) is 2.25. The predicted molar refractivity (Wildman–Crippen MR) is 63.5 cm³/mol. The number of hydrogen-bond donors (Lipinski definition) is 0. The predicted octanol–water partition coefficient (Wildman–Crippen LogP) is 1.84. The van der Waals surface area contributed by atoms with Crippen molar-refractivity contribution in [3.8, 4) is 6.07 Å². The molecule has 94 valence electrons. The van der Waals surface area contributed by atoms with Crippen molar-refractivity contribution in [2.45, 2.75) is 18.9 Å². The van der Waals surface area contributed by atoms with Gasteiger partial charge in [0.05, 0.1) is 24.4 Å². The Labute approximate surface area is 105 Å². The molecule has 0 aromatic heterocycles. The molecule has 5 heteroatoms. The summed E-state index contributed by atoms with van der Waals surface area (Å²) in [5.74, 6) is -0.832. The van der Waals surface area contributed by atoms with Crippen LogP contribution in [0.15, 0.2) is 18.2 Å². The van der Waals surface area contributed by atoms with Crippen LogP contribution in [0.2, 0.25) is 0 Å². The quantitative estimate of drug-likeness (QED) is 0.749. The summed E-state index contributed by atoms with van der Waals surface area (Å²) in [6.45, 7) is 0.614. The van der Waals surface area contributed by atoms with Gasteiger partial charge in [0.25, 0.3) is 0 Å². The molecule has 0 spiro atoms. The van der Waals surface area contributed by atoms with Crippen LogP contribution in [0, 0.1) is 17.1 Å². The van der Waals surface area contributed by atoms with E-state index >= 15 is 0 Å². The summed E-state index contributed by atoms with van der Waals surface area (Å²) in [6.07, 6.45) is 1.48. The first-order valence-corrected chi connectivity index (χ1v) is 5.71. The summed E-state index contributed by atoms with van der Waals surface area (Å²) < 4.78 is 18.6. The Hall–Kier alpha value is -2.09. The average molecular weight is 248 g/mol. The number of rotatable bonds is 2. The number of esters is 1. The average Bonchev–Trinajstić information content (AvgIpc) is 2.86. The second-order valence-corrected chi connectivity index (χ2v) is 4.15. The van der Waals surface area contributed by atoms with Crippen LogP contribution in [0.5, 0.6) is 0 Å².